The molecule has 0 aromatic rings. The maximum atomic E-state index is 12.0. The van der Waals surface area contributed by atoms with Crippen molar-refractivity contribution in [2.45, 2.75) is 51.6 Å². The number of urea groups is 1. The maximum Gasteiger partial charge on any atom is 0.325 e. The topological polar surface area (TPSA) is 49.4 Å². The molecule has 15 heavy (non-hydrogen) atoms. The summed E-state index contributed by atoms with van der Waals surface area (Å²) < 4.78 is 0. The SMILES string of the molecule is CC(C1CCC1)N1C(=O)NC(C)(C)C1=O. The van der Waals surface area contributed by atoms with Gasteiger partial charge in [0.15, 0.2) is 0 Å². The molecular weight excluding hydrogens is 192 g/mol. The van der Waals surface area contributed by atoms with Crippen LogP contribution in [-0.2, 0) is 4.79 Å². The van der Waals surface area contributed by atoms with Crippen LogP contribution in [0.3, 0.4) is 0 Å². The predicted octanol–water partition coefficient (Wildman–Crippen LogP) is 1.51. The van der Waals surface area contributed by atoms with E-state index in [1.54, 1.807) is 13.8 Å². The molecule has 1 N–H and O–H groups in total. The number of nitrogens with zero attached hydrogens (tertiary/aromatic N) is 1. The van der Waals surface area contributed by atoms with Gasteiger partial charge in [-0.05, 0) is 39.5 Å². The van der Waals surface area contributed by atoms with Gasteiger partial charge in [-0.3, -0.25) is 9.69 Å². The Morgan fingerprint density at radius 2 is 2.00 bits per heavy atom. The minimum atomic E-state index is -0.727. The van der Waals surface area contributed by atoms with Gasteiger partial charge in [0, 0.05) is 6.04 Å². The van der Waals surface area contributed by atoms with E-state index in [4.69, 9.17) is 0 Å². The lowest BCUT2D eigenvalue weighted by atomic mass is 9.79. The summed E-state index contributed by atoms with van der Waals surface area (Å²) in [5.74, 6) is 0.417. The smallest absolute Gasteiger partial charge is 0.324 e. The van der Waals surface area contributed by atoms with Crippen LogP contribution in [0.5, 0.6) is 0 Å². The first-order chi connectivity index (χ1) is 6.93. The number of hydrogen-bond acceptors (Lipinski definition) is 2. The Hall–Kier alpha value is -1.06. The molecule has 1 atom stereocenters. The zero-order chi connectivity index (χ0) is 11.2. The molecule has 1 heterocycles. The quantitative estimate of drug-likeness (QED) is 0.702. The molecule has 3 amide bonds. The van der Waals surface area contributed by atoms with Crippen LogP contribution in [0.15, 0.2) is 0 Å². The summed E-state index contributed by atoms with van der Waals surface area (Å²) in [5.41, 5.74) is -0.727. The summed E-state index contributed by atoms with van der Waals surface area (Å²) in [6.45, 7) is 5.48. The van der Waals surface area contributed by atoms with Crippen LogP contribution in [0.1, 0.15) is 40.0 Å². The van der Waals surface area contributed by atoms with E-state index in [0.717, 1.165) is 12.8 Å². The Bertz CT molecular complexity index is 308. The molecule has 2 fully saturated rings. The van der Waals surface area contributed by atoms with Crippen LogP contribution in [0.2, 0.25) is 0 Å². The highest BCUT2D eigenvalue weighted by molar-refractivity contribution is 6.06. The van der Waals surface area contributed by atoms with Gasteiger partial charge in [-0.2, -0.15) is 0 Å². The Labute approximate surface area is 90.0 Å². The van der Waals surface area contributed by atoms with Gasteiger partial charge in [-0.25, -0.2) is 4.79 Å². The fraction of sp³-hybridized carbons (Fsp3) is 0.818. The van der Waals surface area contributed by atoms with E-state index in [1.807, 2.05) is 6.92 Å². The van der Waals surface area contributed by atoms with E-state index >= 15 is 0 Å². The minimum absolute atomic E-state index is 0.0491. The largest absolute Gasteiger partial charge is 0.325 e. The van der Waals surface area contributed by atoms with Crippen molar-refractivity contribution in [3.63, 3.8) is 0 Å². The lowest BCUT2D eigenvalue weighted by Crippen LogP contribution is -2.46. The van der Waals surface area contributed by atoms with Crippen LogP contribution < -0.4 is 5.32 Å². The van der Waals surface area contributed by atoms with Gasteiger partial charge in [0.25, 0.3) is 5.91 Å². The van der Waals surface area contributed by atoms with E-state index in [-0.39, 0.29) is 18.0 Å². The van der Waals surface area contributed by atoms with Gasteiger partial charge in [0.05, 0.1) is 0 Å². The van der Waals surface area contributed by atoms with E-state index in [2.05, 4.69) is 5.32 Å². The summed E-state index contributed by atoms with van der Waals surface area (Å²) in [4.78, 5) is 25.1. The van der Waals surface area contributed by atoms with E-state index in [9.17, 15) is 9.59 Å². The summed E-state index contributed by atoms with van der Waals surface area (Å²) >= 11 is 0. The second-order valence-electron chi connectivity index (χ2n) is 5.16. The van der Waals surface area contributed by atoms with Crippen molar-refractivity contribution in [1.82, 2.24) is 10.2 Å². The molecule has 0 aromatic carbocycles. The van der Waals surface area contributed by atoms with Crippen molar-refractivity contribution in [3.8, 4) is 0 Å². The van der Waals surface area contributed by atoms with Crippen molar-refractivity contribution in [2.75, 3.05) is 0 Å². The number of imide groups is 1. The van der Waals surface area contributed by atoms with Crippen molar-refractivity contribution < 1.29 is 9.59 Å². The molecule has 84 valence electrons. The number of amides is 3. The molecule has 0 aromatic heterocycles. The van der Waals surface area contributed by atoms with Gasteiger partial charge < -0.3 is 5.32 Å². The van der Waals surface area contributed by atoms with Crippen LogP contribution in [-0.4, -0.2) is 28.4 Å². The summed E-state index contributed by atoms with van der Waals surface area (Å²) in [6, 6.07) is -0.183. The second-order valence-corrected chi connectivity index (χ2v) is 5.16. The zero-order valence-corrected chi connectivity index (χ0v) is 9.54. The van der Waals surface area contributed by atoms with Crippen LogP contribution in [0.4, 0.5) is 4.79 Å². The lowest BCUT2D eigenvalue weighted by molar-refractivity contribution is -0.132. The standard InChI is InChI=1S/C11H18N2O2/c1-7(8-5-4-6-8)13-9(14)11(2,3)12-10(13)15/h7-8H,4-6H2,1-3H3,(H,12,15). The van der Waals surface area contributed by atoms with Crippen molar-refractivity contribution in [2.24, 2.45) is 5.92 Å². The molecule has 1 unspecified atom stereocenters. The van der Waals surface area contributed by atoms with Gasteiger partial charge in [-0.15, -0.1) is 0 Å². The Kier molecular flexibility index (Phi) is 2.24. The number of nitrogens with one attached hydrogen (secondary N) is 1. The molecule has 4 heteroatoms. The fourth-order valence-electron chi connectivity index (χ4n) is 2.28. The molecular formula is C11H18N2O2. The Morgan fingerprint density at radius 1 is 1.40 bits per heavy atom. The Morgan fingerprint density at radius 3 is 2.33 bits per heavy atom. The van der Waals surface area contributed by atoms with Crippen molar-refractivity contribution in [3.05, 3.63) is 0 Å². The van der Waals surface area contributed by atoms with Crippen LogP contribution >= 0.6 is 0 Å². The maximum absolute atomic E-state index is 12.0. The van der Waals surface area contributed by atoms with Crippen molar-refractivity contribution in [1.29, 1.82) is 0 Å². The molecule has 0 spiro atoms. The number of carbonyl (C=O) groups excluding carboxylic acids is 2. The zero-order valence-electron chi connectivity index (χ0n) is 9.54. The third kappa shape index (κ3) is 1.52. The summed E-state index contributed by atoms with van der Waals surface area (Å²) in [6.07, 6.45) is 3.50. The summed E-state index contributed by atoms with van der Waals surface area (Å²) in [5, 5.41) is 2.71. The normalized spacial score (nSPS) is 27.5. The van der Waals surface area contributed by atoms with Crippen LogP contribution in [0.25, 0.3) is 0 Å². The molecule has 2 rings (SSSR count). The molecule has 4 nitrogen and oxygen atoms in total. The monoisotopic (exact) mass is 210 g/mol. The van der Waals surface area contributed by atoms with Crippen LogP contribution in [0, 0.1) is 5.92 Å². The first-order valence-electron chi connectivity index (χ1n) is 5.59. The first kappa shape index (κ1) is 10.5. The molecule has 0 bridgehead atoms. The second kappa shape index (κ2) is 3.22. The average molecular weight is 210 g/mol. The van der Waals surface area contributed by atoms with E-state index < -0.39 is 5.54 Å². The predicted molar refractivity (Wildman–Crippen MR) is 56.3 cm³/mol. The number of hydrogen-bond donors (Lipinski definition) is 1. The lowest BCUT2D eigenvalue weighted by Gasteiger charge is -2.35. The highest BCUT2D eigenvalue weighted by Crippen LogP contribution is 2.34. The molecule has 2 aliphatic rings. The molecule has 0 radical (unpaired) electrons. The summed E-state index contributed by atoms with van der Waals surface area (Å²) in [7, 11) is 0. The van der Waals surface area contributed by atoms with Crippen molar-refractivity contribution >= 4 is 11.9 Å². The van der Waals surface area contributed by atoms with Gasteiger partial charge in [0.2, 0.25) is 0 Å². The Balaban J connectivity index is 2.14. The van der Waals surface area contributed by atoms with Gasteiger partial charge in [-0.1, -0.05) is 6.42 Å². The number of carbonyl (C=O) groups is 2. The third-order valence-electron chi connectivity index (χ3n) is 3.63. The number of rotatable bonds is 2. The highest BCUT2D eigenvalue weighted by atomic mass is 16.2. The fourth-order valence-corrected chi connectivity index (χ4v) is 2.28. The van der Waals surface area contributed by atoms with Gasteiger partial charge in [0.1, 0.15) is 5.54 Å². The molecule has 1 aliphatic heterocycles. The molecule has 1 saturated heterocycles. The highest BCUT2D eigenvalue weighted by Gasteiger charge is 2.48. The first-order valence-corrected chi connectivity index (χ1v) is 5.59. The molecule has 1 aliphatic carbocycles. The van der Waals surface area contributed by atoms with E-state index in [0.29, 0.717) is 5.92 Å². The average Bonchev–Trinajstić information content (AvgIpc) is 2.17. The third-order valence-corrected chi connectivity index (χ3v) is 3.63. The minimum Gasteiger partial charge on any atom is -0.324 e. The van der Waals surface area contributed by atoms with Gasteiger partial charge >= 0.3 is 6.03 Å². The molecule has 1 saturated carbocycles. The van der Waals surface area contributed by atoms with E-state index in [1.165, 1.54) is 11.3 Å².